The number of benzene rings is 3. The summed E-state index contributed by atoms with van der Waals surface area (Å²) in [6.45, 7) is 2.05. The summed E-state index contributed by atoms with van der Waals surface area (Å²) in [5.74, 6) is 0.573. The highest BCUT2D eigenvalue weighted by atomic mass is 32.2. The largest absolute Gasteiger partial charge is 0.497 e. The van der Waals surface area contributed by atoms with Crippen LogP contribution in [0.3, 0.4) is 0 Å². The minimum absolute atomic E-state index is 0.150. The van der Waals surface area contributed by atoms with Crippen molar-refractivity contribution < 1.29 is 17.9 Å². The predicted octanol–water partition coefficient (Wildman–Crippen LogP) is 4.40. The van der Waals surface area contributed by atoms with Gasteiger partial charge in [-0.05, 0) is 67.6 Å². The zero-order valence-electron chi connectivity index (χ0n) is 17.7. The summed E-state index contributed by atoms with van der Waals surface area (Å²) in [6.07, 6.45) is 1.85. The second kappa shape index (κ2) is 8.76. The van der Waals surface area contributed by atoms with Gasteiger partial charge in [0.15, 0.2) is 0 Å². The van der Waals surface area contributed by atoms with Crippen molar-refractivity contribution in [1.82, 2.24) is 4.57 Å². The number of sulfonamides is 1. The van der Waals surface area contributed by atoms with Gasteiger partial charge in [0.2, 0.25) is 5.91 Å². The maximum absolute atomic E-state index is 12.5. The molecule has 2 N–H and O–H groups in total. The van der Waals surface area contributed by atoms with Crippen LogP contribution in [0.1, 0.15) is 5.56 Å². The molecule has 0 aliphatic heterocycles. The van der Waals surface area contributed by atoms with E-state index in [0.717, 1.165) is 22.2 Å². The summed E-state index contributed by atoms with van der Waals surface area (Å²) in [5.41, 5.74) is 2.90. The zero-order chi connectivity index (χ0) is 22.7. The summed E-state index contributed by atoms with van der Waals surface area (Å²) in [7, 11) is -2.06. The highest BCUT2D eigenvalue weighted by Gasteiger charge is 2.14. The first kappa shape index (κ1) is 21.5. The number of ether oxygens (including phenoxy) is 1. The first-order valence-electron chi connectivity index (χ1n) is 9.96. The van der Waals surface area contributed by atoms with Crippen molar-refractivity contribution in [3.63, 3.8) is 0 Å². The molecule has 7 nitrogen and oxygen atoms in total. The van der Waals surface area contributed by atoms with Crippen molar-refractivity contribution in [3.05, 3.63) is 84.6 Å². The molecule has 1 heterocycles. The average Bonchev–Trinajstić information content (AvgIpc) is 3.17. The molecule has 0 saturated heterocycles. The number of carbonyl (C=O) groups is 1. The van der Waals surface area contributed by atoms with Gasteiger partial charge in [0.05, 0.1) is 12.0 Å². The zero-order valence-corrected chi connectivity index (χ0v) is 18.5. The second-order valence-corrected chi connectivity index (χ2v) is 9.09. The maximum atomic E-state index is 12.5. The molecular formula is C24H23N3O4S. The number of carbonyl (C=O) groups excluding carboxylic acids is 1. The van der Waals surface area contributed by atoms with E-state index in [1.165, 1.54) is 0 Å². The number of methoxy groups -OCH3 is 1. The van der Waals surface area contributed by atoms with E-state index in [0.29, 0.717) is 11.4 Å². The molecule has 0 saturated carbocycles. The lowest BCUT2D eigenvalue weighted by atomic mass is 10.2. The van der Waals surface area contributed by atoms with Gasteiger partial charge in [-0.25, -0.2) is 8.42 Å². The summed E-state index contributed by atoms with van der Waals surface area (Å²) >= 11 is 0. The Morgan fingerprint density at radius 1 is 0.938 bits per heavy atom. The van der Waals surface area contributed by atoms with Gasteiger partial charge in [-0.1, -0.05) is 17.7 Å². The number of amides is 1. The van der Waals surface area contributed by atoms with E-state index in [2.05, 4.69) is 10.0 Å². The molecule has 0 radical (unpaired) electrons. The van der Waals surface area contributed by atoms with Crippen LogP contribution in [0.15, 0.2) is 83.9 Å². The fraction of sp³-hybridized carbons (Fsp3) is 0.125. The number of anilines is 2. The molecule has 0 unspecified atom stereocenters. The lowest BCUT2D eigenvalue weighted by Gasteiger charge is -2.11. The van der Waals surface area contributed by atoms with Crippen molar-refractivity contribution in [2.75, 3.05) is 17.1 Å². The molecule has 0 bridgehead atoms. The smallest absolute Gasteiger partial charge is 0.261 e. The monoisotopic (exact) mass is 449 g/mol. The Bertz CT molecular complexity index is 1360. The van der Waals surface area contributed by atoms with Gasteiger partial charge in [-0.2, -0.15) is 0 Å². The molecule has 32 heavy (non-hydrogen) atoms. The fourth-order valence-corrected chi connectivity index (χ4v) is 4.41. The van der Waals surface area contributed by atoms with E-state index < -0.39 is 10.0 Å². The van der Waals surface area contributed by atoms with Crippen molar-refractivity contribution in [2.45, 2.75) is 18.4 Å². The molecule has 1 aromatic heterocycles. The molecule has 0 aliphatic rings. The van der Waals surface area contributed by atoms with E-state index in [-0.39, 0.29) is 17.3 Å². The Kier molecular flexibility index (Phi) is 5.87. The average molecular weight is 450 g/mol. The molecule has 0 spiro atoms. The lowest BCUT2D eigenvalue weighted by molar-refractivity contribution is -0.116. The molecule has 164 valence electrons. The number of aromatic nitrogens is 1. The second-order valence-electron chi connectivity index (χ2n) is 7.41. The SMILES string of the molecule is COc1ccc2c(ccn2CC(=O)Nc2ccc(NS(=O)(=O)c3ccc(C)cc3)cc2)c1. The number of hydrogen-bond donors (Lipinski definition) is 2. The van der Waals surface area contributed by atoms with Crippen molar-refractivity contribution >= 4 is 38.2 Å². The van der Waals surface area contributed by atoms with Gasteiger partial charge in [0.1, 0.15) is 12.3 Å². The van der Waals surface area contributed by atoms with Crippen LogP contribution in [-0.2, 0) is 21.4 Å². The van der Waals surface area contributed by atoms with Gasteiger partial charge in [0.25, 0.3) is 10.0 Å². The molecule has 3 aromatic carbocycles. The molecule has 4 rings (SSSR count). The topological polar surface area (TPSA) is 89.4 Å². The standard InChI is InChI=1S/C24H23N3O4S/c1-17-3-10-22(11-4-17)32(29,30)26-20-7-5-19(6-8-20)25-24(28)16-27-14-13-18-15-21(31-2)9-12-23(18)27/h3-15,26H,16H2,1-2H3,(H,25,28). The predicted molar refractivity (Wildman–Crippen MR) is 126 cm³/mol. The minimum atomic E-state index is -3.68. The van der Waals surface area contributed by atoms with Crippen LogP contribution in [0.2, 0.25) is 0 Å². The number of hydrogen-bond acceptors (Lipinski definition) is 4. The van der Waals surface area contributed by atoms with Crippen LogP contribution in [0.25, 0.3) is 10.9 Å². The number of nitrogens with zero attached hydrogens (tertiary/aromatic N) is 1. The number of rotatable bonds is 7. The van der Waals surface area contributed by atoms with Crippen molar-refractivity contribution in [2.24, 2.45) is 0 Å². The van der Waals surface area contributed by atoms with Gasteiger partial charge >= 0.3 is 0 Å². The summed E-state index contributed by atoms with van der Waals surface area (Å²) in [5, 5.41) is 3.82. The first-order chi connectivity index (χ1) is 15.3. The molecule has 4 aromatic rings. The number of aryl methyl sites for hydroxylation is 1. The van der Waals surface area contributed by atoms with Crippen LogP contribution < -0.4 is 14.8 Å². The van der Waals surface area contributed by atoms with Gasteiger partial charge in [-0.3, -0.25) is 9.52 Å². The summed E-state index contributed by atoms with van der Waals surface area (Å²) in [6, 6.07) is 20.8. The Morgan fingerprint density at radius 2 is 1.62 bits per heavy atom. The Labute approximate surface area is 186 Å². The van der Waals surface area contributed by atoms with Crippen molar-refractivity contribution in [3.8, 4) is 5.75 Å². The van der Waals surface area contributed by atoms with Gasteiger partial charge in [-0.15, -0.1) is 0 Å². The molecule has 0 fully saturated rings. The third-order valence-corrected chi connectivity index (χ3v) is 6.44. The van der Waals surface area contributed by atoms with E-state index in [4.69, 9.17) is 4.74 Å². The molecular weight excluding hydrogens is 426 g/mol. The Morgan fingerprint density at radius 3 is 2.31 bits per heavy atom. The van der Waals surface area contributed by atoms with Crippen molar-refractivity contribution in [1.29, 1.82) is 0 Å². The van der Waals surface area contributed by atoms with Crippen LogP contribution in [0, 0.1) is 6.92 Å². The van der Waals surface area contributed by atoms with Gasteiger partial charge in [0, 0.05) is 28.5 Å². The van der Waals surface area contributed by atoms with Gasteiger partial charge < -0.3 is 14.6 Å². The summed E-state index contributed by atoms with van der Waals surface area (Å²) < 4.78 is 34.6. The molecule has 1 amide bonds. The highest BCUT2D eigenvalue weighted by Crippen LogP contribution is 2.22. The van der Waals surface area contributed by atoms with Crippen LogP contribution in [-0.4, -0.2) is 26.0 Å². The first-order valence-corrected chi connectivity index (χ1v) is 11.4. The minimum Gasteiger partial charge on any atom is -0.497 e. The van der Waals surface area contributed by atoms with E-state index in [9.17, 15) is 13.2 Å². The van der Waals surface area contributed by atoms with Crippen LogP contribution in [0.5, 0.6) is 5.75 Å². The number of nitrogens with one attached hydrogen (secondary N) is 2. The quantitative estimate of drug-likeness (QED) is 0.438. The van der Waals surface area contributed by atoms with Crippen LogP contribution in [0.4, 0.5) is 11.4 Å². The third-order valence-electron chi connectivity index (χ3n) is 5.04. The molecule has 0 atom stereocenters. The van der Waals surface area contributed by atoms with E-state index in [1.54, 1.807) is 55.6 Å². The highest BCUT2D eigenvalue weighted by molar-refractivity contribution is 7.92. The number of fused-ring (bicyclic) bond motifs is 1. The maximum Gasteiger partial charge on any atom is 0.261 e. The Hall–Kier alpha value is -3.78. The van der Waals surface area contributed by atoms with Crippen LogP contribution >= 0.6 is 0 Å². The fourth-order valence-electron chi connectivity index (χ4n) is 3.35. The summed E-state index contributed by atoms with van der Waals surface area (Å²) in [4.78, 5) is 12.7. The van der Waals surface area contributed by atoms with E-state index >= 15 is 0 Å². The lowest BCUT2D eigenvalue weighted by Crippen LogP contribution is -2.18. The normalized spacial score (nSPS) is 11.3. The van der Waals surface area contributed by atoms with E-state index in [1.807, 2.05) is 42.0 Å². The molecule has 8 heteroatoms. The Balaban J connectivity index is 1.40. The third kappa shape index (κ3) is 4.76. The molecule has 0 aliphatic carbocycles.